The molecule has 3 N–H and O–H groups in total. The van der Waals surface area contributed by atoms with Crippen molar-refractivity contribution in [2.75, 3.05) is 6.61 Å². The number of rotatable bonds is 4. The Labute approximate surface area is 175 Å². The van der Waals surface area contributed by atoms with Gasteiger partial charge in [0.2, 0.25) is 5.85 Å². The molecule has 0 fully saturated rings. The van der Waals surface area contributed by atoms with Crippen LogP contribution in [0, 0.1) is 11.2 Å². The highest BCUT2D eigenvalue weighted by atomic mass is 19.1. The summed E-state index contributed by atoms with van der Waals surface area (Å²) in [7, 11) is 0. The van der Waals surface area contributed by atoms with Gasteiger partial charge in [-0.1, -0.05) is 45.9 Å². The highest BCUT2D eigenvalue weighted by molar-refractivity contribution is 5.96. The lowest BCUT2D eigenvalue weighted by molar-refractivity contribution is -0.112. The molecule has 1 atom stereocenters. The third-order valence-electron chi connectivity index (χ3n) is 6.35. The van der Waals surface area contributed by atoms with Crippen molar-refractivity contribution in [2.24, 2.45) is 11.1 Å². The highest BCUT2D eigenvalue weighted by Crippen LogP contribution is 2.53. The molecule has 3 rings (SSSR count). The van der Waals surface area contributed by atoms with E-state index in [9.17, 15) is 14.0 Å². The van der Waals surface area contributed by atoms with Crippen LogP contribution in [-0.4, -0.2) is 24.3 Å². The molecule has 1 aliphatic rings. The zero-order chi connectivity index (χ0) is 22.3. The predicted octanol–water partition coefficient (Wildman–Crippen LogP) is 3.74. The van der Waals surface area contributed by atoms with Gasteiger partial charge in [0.1, 0.15) is 11.6 Å². The molecule has 0 aliphatic carbocycles. The van der Waals surface area contributed by atoms with Crippen LogP contribution in [0.2, 0.25) is 0 Å². The van der Waals surface area contributed by atoms with Crippen LogP contribution in [0.25, 0.3) is 0 Å². The Morgan fingerprint density at radius 1 is 1.13 bits per heavy atom. The summed E-state index contributed by atoms with van der Waals surface area (Å²) < 4.78 is 25.3. The fraction of sp³-hybridized carbons (Fsp3) is 0.391. The number of nitrogens with two attached hydrogens (primary N) is 1. The van der Waals surface area contributed by atoms with Gasteiger partial charge in [-0.2, -0.15) is 0 Å². The lowest BCUT2D eigenvalue weighted by Gasteiger charge is -2.56. The molecule has 6 nitrogen and oxygen atoms in total. The maximum atomic E-state index is 14.4. The monoisotopic (exact) mass is 414 g/mol. The van der Waals surface area contributed by atoms with Gasteiger partial charge >= 0.3 is 5.97 Å². The summed E-state index contributed by atoms with van der Waals surface area (Å²) in [6.45, 7) is 9.65. The fourth-order valence-electron chi connectivity index (χ4n) is 3.63. The van der Waals surface area contributed by atoms with Gasteiger partial charge in [-0.05, 0) is 31.2 Å². The number of fused-ring (bicyclic) bond motifs is 1. The summed E-state index contributed by atoms with van der Waals surface area (Å²) in [6, 6.07) is 11.1. The van der Waals surface area contributed by atoms with Gasteiger partial charge in [-0.3, -0.25) is 10.5 Å². The van der Waals surface area contributed by atoms with Gasteiger partial charge < -0.3 is 14.8 Å². The average Bonchev–Trinajstić information content (AvgIpc) is 2.67. The normalized spacial score (nSPS) is 21.2. The summed E-state index contributed by atoms with van der Waals surface area (Å²) in [6.07, 6.45) is 0. The summed E-state index contributed by atoms with van der Waals surface area (Å²) in [5, 5.41) is 2.73. The number of amides is 1. The maximum Gasteiger partial charge on any atom is 0.341 e. The van der Waals surface area contributed by atoms with E-state index in [0.717, 1.165) is 11.6 Å². The number of halogens is 1. The van der Waals surface area contributed by atoms with Crippen LogP contribution in [0.4, 0.5) is 4.39 Å². The Hall–Kier alpha value is -2.93. The SMILES string of the molecule is CCOC(=O)c1ccc(C(=O)NC2(N)Oc3ccccc3C(C)(C)C2(C)C)cc1F. The van der Waals surface area contributed by atoms with Crippen LogP contribution < -0.4 is 15.8 Å². The van der Waals surface area contributed by atoms with Crippen LogP contribution in [0.15, 0.2) is 42.5 Å². The van der Waals surface area contributed by atoms with Crippen LogP contribution in [0.3, 0.4) is 0 Å². The minimum atomic E-state index is -1.56. The van der Waals surface area contributed by atoms with Crippen molar-refractivity contribution in [1.82, 2.24) is 5.32 Å². The summed E-state index contributed by atoms with van der Waals surface area (Å²) >= 11 is 0. The maximum absolute atomic E-state index is 14.4. The van der Waals surface area contributed by atoms with Crippen molar-refractivity contribution in [3.8, 4) is 5.75 Å². The first-order valence-corrected chi connectivity index (χ1v) is 9.81. The minimum absolute atomic E-state index is 0.0152. The van der Waals surface area contributed by atoms with E-state index in [1.807, 2.05) is 45.9 Å². The molecule has 160 valence electrons. The predicted molar refractivity (Wildman–Crippen MR) is 111 cm³/mol. The number of ether oxygens (including phenoxy) is 2. The zero-order valence-electron chi connectivity index (χ0n) is 17.8. The minimum Gasteiger partial charge on any atom is -0.462 e. The number of hydrogen-bond acceptors (Lipinski definition) is 5. The van der Waals surface area contributed by atoms with Gasteiger partial charge in [0.05, 0.1) is 12.2 Å². The quantitative estimate of drug-likeness (QED) is 0.588. The number of benzene rings is 2. The van der Waals surface area contributed by atoms with Crippen molar-refractivity contribution in [3.05, 3.63) is 65.0 Å². The molecule has 2 aromatic rings. The molecule has 0 aromatic heterocycles. The van der Waals surface area contributed by atoms with E-state index in [-0.39, 0.29) is 17.7 Å². The topological polar surface area (TPSA) is 90.7 Å². The smallest absolute Gasteiger partial charge is 0.341 e. The van der Waals surface area contributed by atoms with Crippen LogP contribution >= 0.6 is 0 Å². The van der Waals surface area contributed by atoms with Gasteiger partial charge in [0.25, 0.3) is 5.91 Å². The van der Waals surface area contributed by atoms with E-state index in [4.69, 9.17) is 15.2 Å². The molecule has 0 spiro atoms. The number of carbonyl (C=O) groups is 2. The average molecular weight is 414 g/mol. The van der Waals surface area contributed by atoms with Gasteiger partial charge in [0, 0.05) is 22.0 Å². The molecule has 0 bridgehead atoms. The summed E-state index contributed by atoms with van der Waals surface area (Å²) in [4.78, 5) is 24.7. The molecule has 0 saturated carbocycles. The molecule has 0 saturated heterocycles. The van der Waals surface area contributed by atoms with Crippen molar-refractivity contribution in [2.45, 2.75) is 45.9 Å². The van der Waals surface area contributed by atoms with E-state index in [2.05, 4.69) is 5.32 Å². The number of carbonyl (C=O) groups excluding carboxylic acids is 2. The largest absolute Gasteiger partial charge is 0.462 e. The molecule has 1 unspecified atom stereocenters. The third kappa shape index (κ3) is 3.33. The Morgan fingerprint density at radius 2 is 1.80 bits per heavy atom. The number of esters is 1. The number of hydrogen-bond donors (Lipinski definition) is 2. The van der Waals surface area contributed by atoms with E-state index >= 15 is 0 Å². The van der Waals surface area contributed by atoms with Crippen molar-refractivity contribution in [3.63, 3.8) is 0 Å². The lowest BCUT2D eigenvalue weighted by atomic mass is 9.59. The van der Waals surface area contributed by atoms with E-state index in [1.54, 1.807) is 13.0 Å². The number of nitrogens with one attached hydrogen (secondary N) is 1. The molecular formula is C23H27FN2O4. The van der Waals surface area contributed by atoms with E-state index < -0.39 is 34.4 Å². The molecule has 0 radical (unpaired) electrons. The van der Waals surface area contributed by atoms with E-state index in [1.165, 1.54) is 12.1 Å². The molecule has 1 amide bonds. The Morgan fingerprint density at radius 3 is 2.43 bits per heavy atom. The first kappa shape index (κ1) is 21.8. The fourth-order valence-corrected chi connectivity index (χ4v) is 3.63. The second-order valence-electron chi connectivity index (χ2n) is 8.45. The summed E-state index contributed by atoms with van der Waals surface area (Å²) in [5.41, 5.74) is 6.19. The van der Waals surface area contributed by atoms with Gasteiger partial charge in [-0.25, -0.2) is 9.18 Å². The zero-order valence-corrected chi connectivity index (χ0v) is 17.8. The first-order chi connectivity index (χ1) is 13.9. The first-order valence-electron chi connectivity index (χ1n) is 9.81. The Kier molecular flexibility index (Phi) is 5.37. The molecule has 30 heavy (non-hydrogen) atoms. The Bertz CT molecular complexity index is 1000. The lowest BCUT2D eigenvalue weighted by Crippen LogP contribution is -2.74. The van der Waals surface area contributed by atoms with Gasteiger partial charge in [0.15, 0.2) is 0 Å². The van der Waals surface area contributed by atoms with Gasteiger partial charge in [-0.15, -0.1) is 0 Å². The second kappa shape index (κ2) is 7.40. The molecular weight excluding hydrogens is 387 g/mol. The van der Waals surface area contributed by atoms with Crippen molar-refractivity contribution >= 4 is 11.9 Å². The highest BCUT2D eigenvalue weighted by Gasteiger charge is 2.59. The van der Waals surface area contributed by atoms with Crippen molar-refractivity contribution < 1.29 is 23.5 Å². The molecule has 7 heteroatoms. The molecule has 1 heterocycles. The van der Waals surface area contributed by atoms with Crippen LogP contribution in [0.1, 0.15) is 60.9 Å². The van der Waals surface area contributed by atoms with Crippen molar-refractivity contribution in [1.29, 1.82) is 0 Å². The van der Waals surface area contributed by atoms with Crippen LogP contribution in [-0.2, 0) is 10.2 Å². The van der Waals surface area contributed by atoms with E-state index in [0.29, 0.717) is 5.75 Å². The molecule has 1 aliphatic heterocycles. The number of para-hydroxylation sites is 1. The standard InChI is InChI=1S/C23H27FN2O4/c1-6-29-20(28)15-12-11-14(13-17(15)24)19(27)26-23(25)22(4,5)21(2,3)16-9-7-8-10-18(16)30-23/h7-13H,6,25H2,1-5H3,(H,26,27). The second-order valence-corrected chi connectivity index (χ2v) is 8.45. The Balaban J connectivity index is 1.93. The third-order valence-corrected chi connectivity index (χ3v) is 6.35. The summed E-state index contributed by atoms with van der Waals surface area (Å²) in [5.74, 6) is -3.23. The van der Waals surface area contributed by atoms with Crippen LogP contribution in [0.5, 0.6) is 5.75 Å². The molecule has 2 aromatic carbocycles.